The van der Waals surface area contributed by atoms with Gasteiger partial charge in [0.1, 0.15) is 5.82 Å². The monoisotopic (exact) mass is 320 g/mol. The van der Waals surface area contributed by atoms with Crippen LogP contribution in [0, 0.1) is 5.82 Å². The lowest BCUT2D eigenvalue weighted by atomic mass is 10.0. The minimum absolute atomic E-state index is 0.00251. The largest absolute Gasteiger partial charge is 0.378 e. The van der Waals surface area contributed by atoms with Crippen molar-refractivity contribution in [2.45, 2.75) is 25.3 Å². The molecule has 0 unspecified atom stereocenters. The molecule has 23 heavy (non-hydrogen) atoms. The van der Waals surface area contributed by atoms with Crippen LogP contribution in [0.15, 0.2) is 24.3 Å². The zero-order valence-corrected chi connectivity index (χ0v) is 13.0. The summed E-state index contributed by atoms with van der Waals surface area (Å²) < 4.78 is 18.2. The summed E-state index contributed by atoms with van der Waals surface area (Å²) in [6, 6.07) is 5.52. The van der Waals surface area contributed by atoms with Crippen molar-refractivity contribution in [3.63, 3.8) is 0 Å². The maximum atomic E-state index is 12.9. The SMILES string of the molecule is O=C(C[C@H]1CCCN1C(=O)N1CCOCC1)c1ccc(F)cc1. The van der Waals surface area contributed by atoms with Gasteiger partial charge >= 0.3 is 6.03 Å². The number of carbonyl (C=O) groups is 2. The van der Waals surface area contributed by atoms with Crippen LogP contribution in [0.25, 0.3) is 0 Å². The molecule has 0 bridgehead atoms. The molecule has 0 aliphatic carbocycles. The second-order valence-corrected chi connectivity index (χ2v) is 6.01. The molecule has 0 saturated carbocycles. The van der Waals surface area contributed by atoms with Crippen LogP contribution in [-0.4, -0.2) is 60.5 Å². The second-order valence-electron chi connectivity index (χ2n) is 6.01. The average molecular weight is 320 g/mol. The highest BCUT2D eigenvalue weighted by molar-refractivity contribution is 5.96. The number of halogens is 1. The summed E-state index contributed by atoms with van der Waals surface area (Å²) in [7, 11) is 0. The van der Waals surface area contributed by atoms with Crippen molar-refractivity contribution < 1.29 is 18.7 Å². The van der Waals surface area contributed by atoms with E-state index in [1.807, 2.05) is 4.90 Å². The molecule has 0 aromatic heterocycles. The van der Waals surface area contributed by atoms with Crippen LogP contribution in [0.5, 0.6) is 0 Å². The van der Waals surface area contributed by atoms with Crippen molar-refractivity contribution in [3.8, 4) is 0 Å². The molecule has 2 amide bonds. The third-order valence-corrected chi connectivity index (χ3v) is 4.49. The Bertz CT molecular complexity index is 570. The zero-order valence-electron chi connectivity index (χ0n) is 13.0. The third-order valence-electron chi connectivity index (χ3n) is 4.49. The van der Waals surface area contributed by atoms with E-state index in [1.54, 1.807) is 4.90 Å². The van der Waals surface area contributed by atoms with E-state index in [1.165, 1.54) is 24.3 Å². The summed E-state index contributed by atoms with van der Waals surface area (Å²) >= 11 is 0. The van der Waals surface area contributed by atoms with E-state index in [0.29, 0.717) is 44.8 Å². The van der Waals surface area contributed by atoms with Crippen LogP contribution < -0.4 is 0 Å². The Labute approximate surface area is 135 Å². The van der Waals surface area contributed by atoms with Gasteiger partial charge in [0, 0.05) is 37.7 Å². The van der Waals surface area contributed by atoms with Gasteiger partial charge in [0.25, 0.3) is 0 Å². The fourth-order valence-corrected chi connectivity index (χ4v) is 3.20. The predicted octanol–water partition coefficient (Wildman–Crippen LogP) is 2.32. The molecule has 2 saturated heterocycles. The zero-order chi connectivity index (χ0) is 16.2. The van der Waals surface area contributed by atoms with Gasteiger partial charge in [-0.1, -0.05) is 0 Å². The Hall–Kier alpha value is -1.95. The molecule has 2 fully saturated rings. The van der Waals surface area contributed by atoms with Crippen molar-refractivity contribution in [1.82, 2.24) is 9.80 Å². The van der Waals surface area contributed by atoms with Crippen LogP contribution in [0.1, 0.15) is 29.6 Å². The van der Waals surface area contributed by atoms with Crippen molar-refractivity contribution in [3.05, 3.63) is 35.6 Å². The molecule has 0 spiro atoms. The molecule has 0 N–H and O–H groups in total. The van der Waals surface area contributed by atoms with Gasteiger partial charge in [0.2, 0.25) is 0 Å². The number of likely N-dealkylation sites (tertiary alicyclic amines) is 1. The van der Waals surface area contributed by atoms with E-state index < -0.39 is 0 Å². The molecule has 124 valence electrons. The van der Waals surface area contributed by atoms with Gasteiger partial charge in [-0.25, -0.2) is 9.18 Å². The Kier molecular flexibility index (Phi) is 4.91. The molecule has 2 heterocycles. The molecule has 6 heteroatoms. The van der Waals surface area contributed by atoms with Crippen LogP contribution in [0.3, 0.4) is 0 Å². The van der Waals surface area contributed by atoms with Gasteiger partial charge in [-0.3, -0.25) is 4.79 Å². The van der Waals surface area contributed by atoms with E-state index in [9.17, 15) is 14.0 Å². The fourth-order valence-electron chi connectivity index (χ4n) is 3.20. The Balaban J connectivity index is 1.63. The summed E-state index contributed by atoms with van der Waals surface area (Å²) in [6.45, 7) is 3.04. The van der Waals surface area contributed by atoms with Crippen molar-refractivity contribution in [2.24, 2.45) is 0 Å². The standard InChI is InChI=1S/C17H21FN2O3/c18-14-5-3-13(4-6-14)16(21)12-15-2-1-7-20(15)17(22)19-8-10-23-11-9-19/h3-6,15H,1-2,7-12H2/t15-/m1/s1. The molecular formula is C17H21FN2O3. The predicted molar refractivity (Wildman–Crippen MR) is 82.9 cm³/mol. The number of benzene rings is 1. The lowest BCUT2D eigenvalue weighted by Crippen LogP contribution is -2.50. The quantitative estimate of drug-likeness (QED) is 0.803. The normalized spacial score (nSPS) is 21.5. The van der Waals surface area contributed by atoms with Crippen LogP contribution in [-0.2, 0) is 4.74 Å². The molecule has 2 aliphatic heterocycles. The molecule has 1 aromatic carbocycles. The summed E-state index contributed by atoms with van der Waals surface area (Å²) in [5.41, 5.74) is 0.497. The maximum Gasteiger partial charge on any atom is 0.320 e. The maximum absolute atomic E-state index is 12.9. The summed E-state index contributed by atoms with van der Waals surface area (Å²) in [6.07, 6.45) is 2.04. The third kappa shape index (κ3) is 3.69. The topological polar surface area (TPSA) is 49.9 Å². The van der Waals surface area contributed by atoms with Crippen molar-refractivity contribution in [1.29, 1.82) is 0 Å². The van der Waals surface area contributed by atoms with E-state index in [2.05, 4.69) is 0 Å². The molecule has 2 aliphatic rings. The summed E-state index contributed by atoms with van der Waals surface area (Å²) in [5.74, 6) is -0.400. The number of carbonyl (C=O) groups excluding carboxylic acids is 2. The van der Waals surface area contributed by atoms with Crippen LogP contribution >= 0.6 is 0 Å². The summed E-state index contributed by atoms with van der Waals surface area (Å²) in [5, 5.41) is 0. The molecule has 5 nitrogen and oxygen atoms in total. The first kappa shape index (κ1) is 15.9. The van der Waals surface area contributed by atoms with Gasteiger partial charge in [-0.05, 0) is 37.1 Å². The Morgan fingerprint density at radius 2 is 1.83 bits per heavy atom. The lowest BCUT2D eigenvalue weighted by Gasteiger charge is -2.33. The Morgan fingerprint density at radius 3 is 2.52 bits per heavy atom. The number of Topliss-reactive ketones (excluding diaryl/α,β-unsaturated/α-hetero) is 1. The molecule has 0 radical (unpaired) electrons. The number of ketones is 1. The highest BCUT2D eigenvalue weighted by Crippen LogP contribution is 2.23. The van der Waals surface area contributed by atoms with Gasteiger partial charge in [0.15, 0.2) is 5.78 Å². The number of nitrogens with zero attached hydrogens (tertiary/aromatic N) is 2. The number of urea groups is 1. The molecule has 1 atom stereocenters. The number of ether oxygens (including phenoxy) is 1. The van der Waals surface area contributed by atoms with E-state index in [-0.39, 0.29) is 23.7 Å². The van der Waals surface area contributed by atoms with Crippen LogP contribution in [0.4, 0.5) is 9.18 Å². The highest BCUT2D eigenvalue weighted by Gasteiger charge is 2.33. The van der Waals surface area contributed by atoms with E-state index in [0.717, 1.165) is 12.8 Å². The van der Waals surface area contributed by atoms with Gasteiger partial charge in [0.05, 0.1) is 13.2 Å². The number of amides is 2. The minimum atomic E-state index is -0.355. The Morgan fingerprint density at radius 1 is 1.13 bits per heavy atom. The first-order valence-corrected chi connectivity index (χ1v) is 8.07. The van der Waals surface area contributed by atoms with E-state index in [4.69, 9.17) is 4.74 Å². The highest BCUT2D eigenvalue weighted by atomic mass is 19.1. The first-order chi connectivity index (χ1) is 11.1. The number of morpholine rings is 1. The van der Waals surface area contributed by atoms with Gasteiger partial charge in [-0.15, -0.1) is 0 Å². The molecular weight excluding hydrogens is 299 g/mol. The number of hydrogen-bond acceptors (Lipinski definition) is 3. The second kappa shape index (κ2) is 7.08. The lowest BCUT2D eigenvalue weighted by molar-refractivity contribution is 0.0418. The van der Waals surface area contributed by atoms with Crippen LogP contribution in [0.2, 0.25) is 0 Å². The van der Waals surface area contributed by atoms with Gasteiger partial charge < -0.3 is 14.5 Å². The van der Waals surface area contributed by atoms with Gasteiger partial charge in [-0.2, -0.15) is 0 Å². The van der Waals surface area contributed by atoms with Crippen molar-refractivity contribution in [2.75, 3.05) is 32.8 Å². The number of rotatable bonds is 3. The van der Waals surface area contributed by atoms with E-state index >= 15 is 0 Å². The summed E-state index contributed by atoms with van der Waals surface area (Å²) in [4.78, 5) is 28.6. The molecule has 1 aromatic rings. The number of hydrogen-bond donors (Lipinski definition) is 0. The smallest absolute Gasteiger partial charge is 0.320 e. The minimum Gasteiger partial charge on any atom is -0.378 e. The molecule has 3 rings (SSSR count). The van der Waals surface area contributed by atoms with Crippen molar-refractivity contribution >= 4 is 11.8 Å². The first-order valence-electron chi connectivity index (χ1n) is 8.07. The average Bonchev–Trinajstić information content (AvgIpc) is 3.03. The fraction of sp³-hybridized carbons (Fsp3) is 0.529.